The van der Waals surface area contributed by atoms with Gasteiger partial charge in [-0.15, -0.1) is 0 Å². The van der Waals surface area contributed by atoms with E-state index in [0.29, 0.717) is 0 Å². The van der Waals surface area contributed by atoms with E-state index in [1.54, 1.807) is 7.11 Å². The van der Waals surface area contributed by atoms with Crippen LogP contribution in [0.5, 0.6) is 5.75 Å². The third kappa shape index (κ3) is 4.31. The fourth-order valence-electron chi connectivity index (χ4n) is 2.16. The summed E-state index contributed by atoms with van der Waals surface area (Å²) < 4.78 is 5.38. The first-order valence-electron chi connectivity index (χ1n) is 6.31. The molecule has 3 heteroatoms. The molecular formula is C15H25NO2. The Morgan fingerprint density at radius 1 is 1.33 bits per heavy atom. The second-order valence-electron chi connectivity index (χ2n) is 5.81. The highest BCUT2D eigenvalue weighted by Gasteiger charge is 2.19. The molecule has 1 aromatic carbocycles. The third-order valence-corrected chi connectivity index (χ3v) is 3.00. The molecule has 1 rings (SSSR count). The van der Waals surface area contributed by atoms with Crippen LogP contribution in [0.25, 0.3) is 0 Å². The maximum Gasteiger partial charge on any atom is 0.123 e. The van der Waals surface area contributed by atoms with E-state index in [4.69, 9.17) is 4.74 Å². The number of hydrogen-bond donors (Lipinski definition) is 1. The molecular weight excluding hydrogens is 226 g/mol. The summed E-state index contributed by atoms with van der Waals surface area (Å²) in [4.78, 5) is 2.22. The SMILES string of the molecule is COc1ccc(C)cc1CN(C)CC(C)(C)CO. The van der Waals surface area contributed by atoms with Crippen LogP contribution in [0.3, 0.4) is 0 Å². The average molecular weight is 251 g/mol. The molecule has 0 fully saturated rings. The minimum atomic E-state index is -0.0776. The molecule has 0 bridgehead atoms. The van der Waals surface area contributed by atoms with E-state index in [1.807, 2.05) is 6.07 Å². The van der Waals surface area contributed by atoms with E-state index in [2.05, 4.69) is 44.9 Å². The number of aliphatic hydroxyl groups is 1. The van der Waals surface area contributed by atoms with Crippen molar-refractivity contribution >= 4 is 0 Å². The molecule has 18 heavy (non-hydrogen) atoms. The maximum absolute atomic E-state index is 9.30. The molecule has 102 valence electrons. The lowest BCUT2D eigenvalue weighted by Gasteiger charge is -2.28. The molecule has 1 N–H and O–H groups in total. The standard InChI is InChI=1S/C15H25NO2/c1-12-6-7-14(18-5)13(8-12)9-16(4)10-15(2,3)11-17/h6-8,17H,9-11H2,1-5H3. The Bertz CT molecular complexity index is 388. The number of rotatable bonds is 6. The van der Waals surface area contributed by atoms with Crippen molar-refractivity contribution in [3.8, 4) is 5.75 Å². The molecule has 1 aromatic rings. The molecule has 0 spiro atoms. The van der Waals surface area contributed by atoms with Crippen LogP contribution < -0.4 is 4.74 Å². The van der Waals surface area contributed by atoms with Crippen LogP contribution in [-0.2, 0) is 6.54 Å². The van der Waals surface area contributed by atoms with Crippen LogP contribution in [0.1, 0.15) is 25.0 Å². The summed E-state index contributed by atoms with van der Waals surface area (Å²) in [7, 11) is 3.77. The zero-order valence-electron chi connectivity index (χ0n) is 12.2. The van der Waals surface area contributed by atoms with E-state index >= 15 is 0 Å². The summed E-state index contributed by atoms with van der Waals surface area (Å²) in [5.74, 6) is 0.925. The summed E-state index contributed by atoms with van der Waals surface area (Å²) in [6, 6.07) is 6.22. The largest absolute Gasteiger partial charge is 0.496 e. The molecule has 0 saturated carbocycles. The summed E-state index contributed by atoms with van der Waals surface area (Å²) >= 11 is 0. The highest BCUT2D eigenvalue weighted by atomic mass is 16.5. The Balaban J connectivity index is 2.75. The van der Waals surface area contributed by atoms with Gasteiger partial charge in [0, 0.05) is 30.7 Å². The van der Waals surface area contributed by atoms with Crippen molar-refractivity contribution < 1.29 is 9.84 Å². The zero-order chi connectivity index (χ0) is 13.8. The summed E-state index contributed by atoms with van der Waals surface area (Å²) in [5, 5.41) is 9.30. The molecule has 0 heterocycles. The predicted molar refractivity (Wildman–Crippen MR) is 74.9 cm³/mol. The van der Waals surface area contributed by atoms with Crippen LogP contribution in [0, 0.1) is 12.3 Å². The molecule has 0 aliphatic carbocycles. The summed E-state index contributed by atoms with van der Waals surface area (Å²) in [5.41, 5.74) is 2.35. The van der Waals surface area contributed by atoms with Gasteiger partial charge in [0.1, 0.15) is 5.75 Å². The van der Waals surface area contributed by atoms with Crippen molar-refractivity contribution in [1.29, 1.82) is 0 Å². The van der Waals surface area contributed by atoms with Gasteiger partial charge in [-0.25, -0.2) is 0 Å². The number of nitrogens with zero attached hydrogens (tertiary/aromatic N) is 1. The molecule has 3 nitrogen and oxygen atoms in total. The topological polar surface area (TPSA) is 32.7 Å². The first kappa shape index (κ1) is 15.0. The highest BCUT2D eigenvalue weighted by Crippen LogP contribution is 2.23. The zero-order valence-corrected chi connectivity index (χ0v) is 12.2. The van der Waals surface area contributed by atoms with Crippen LogP contribution in [0.15, 0.2) is 18.2 Å². The van der Waals surface area contributed by atoms with Gasteiger partial charge in [-0.3, -0.25) is 0 Å². The van der Waals surface area contributed by atoms with Gasteiger partial charge >= 0.3 is 0 Å². The molecule has 0 aromatic heterocycles. The minimum Gasteiger partial charge on any atom is -0.496 e. The lowest BCUT2D eigenvalue weighted by molar-refractivity contribution is 0.112. The Hall–Kier alpha value is -1.06. The van der Waals surface area contributed by atoms with Gasteiger partial charge in [0.15, 0.2) is 0 Å². The van der Waals surface area contributed by atoms with E-state index in [1.165, 1.54) is 11.1 Å². The number of benzene rings is 1. The average Bonchev–Trinajstić information content (AvgIpc) is 2.28. The lowest BCUT2D eigenvalue weighted by Crippen LogP contribution is -2.33. The fraction of sp³-hybridized carbons (Fsp3) is 0.600. The van der Waals surface area contributed by atoms with Crippen molar-refractivity contribution in [3.63, 3.8) is 0 Å². The van der Waals surface area contributed by atoms with E-state index in [-0.39, 0.29) is 12.0 Å². The van der Waals surface area contributed by atoms with Gasteiger partial charge in [-0.2, -0.15) is 0 Å². The first-order chi connectivity index (χ1) is 8.38. The van der Waals surface area contributed by atoms with E-state index in [0.717, 1.165) is 18.8 Å². The van der Waals surface area contributed by atoms with Gasteiger partial charge < -0.3 is 14.7 Å². The Kier molecular flexibility index (Phi) is 5.17. The maximum atomic E-state index is 9.30. The fourth-order valence-corrected chi connectivity index (χ4v) is 2.16. The second kappa shape index (κ2) is 6.21. The minimum absolute atomic E-state index is 0.0776. The predicted octanol–water partition coefficient (Wildman–Crippen LogP) is 2.45. The van der Waals surface area contributed by atoms with Crippen LogP contribution in [-0.4, -0.2) is 37.3 Å². The summed E-state index contributed by atoms with van der Waals surface area (Å²) in [6.07, 6.45) is 0. The van der Waals surface area contributed by atoms with Gasteiger partial charge in [-0.05, 0) is 20.0 Å². The molecule has 0 atom stereocenters. The molecule has 0 amide bonds. The van der Waals surface area contributed by atoms with Crippen molar-refractivity contribution in [1.82, 2.24) is 4.90 Å². The normalized spacial score (nSPS) is 11.9. The van der Waals surface area contributed by atoms with Crippen molar-refractivity contribution in [2.24, 2.45) is 5.41 Å². The Morgan fingerprint density at radius 2 is 2.00 bits per heavy atom. The number of methoxy groups -OCH3 is 1. The molecule has 0 aliphatic heterocycles. The van der Waals surface area contributed by atoms with Gasteiger partial charge in [0.05, 0.1) is 7.11 Å². The van der Waals surface area contributed by atoms with Crippen molar-refractivity contribution in [2.75, 3.05) is 27.3 Å². The lowest BCUT2D eigenvalue weighted by atomic mass is 9.94. The number of ether oxygens (including phenoxy) is 1. The first-order valence-corrected chi connectivity index (χ1v) is 6.31. The van der Waals surface area contributed by atoms with Crippen molar-refractivity contribution in [3.05, 3.63) is 29.3 Å². The van der Waals surface area contributed by atoms with E-state index < -0.39 is 0 Å². The highest BCUT2D eigenvalue weighted by molar-refractivity contribution is 5.36. The van der Waals surface area contributed by atoms with Crippen LogP contribution >= 0.6 is 0 Å². The molecule has 0 aliphatic rings. The molecule has 0 radical (unpaired) electrons. The monoisotopic (exact) mass is 251 g/mol. The third-order valence-electron chi connectivity index (χ3n) is 3.00. The van der Waals surface area contributed by atoms with Gasteiger partial charge in [0.25, 0.3) is 0 Å². The van der Waals surface area contributed by atoms with Gasteiger partial charge in [0.2, 0.25) is 0 Å². The molecule has 0 unspecified atom stereocenters. The van der Waals surface area contributed by atoms with Gasteiger partial charge in [-0.1, -0.05) is 31.5 Å². The van der Waals surface area contributed by atoms with Crippen molar-refractivity contribution in [2.45, 2.75) is 27.3 Å². The van der Waals surface area contributed by atoms with E-state index in [9.17, 15) is 5.11 Å². The second-order valence-corrected chi connectivity index (χ2v) is 5.81. The summed E-state index contributed by atoms with van der Waals surface area (Å²) in [6.45, 7) is 8.09. The number of aryl methyl sites for hydroxylation is 1. The number of aliphatic hydroxyl groups excluding tert-OH is 1. The molecule has 0 saturated heterocycles. The quantitative estimate of drug-likeness (QED) is 0.843. The number of hydrogen-bond acceptors (Lipinski definition) is 3. The Labute approximate surface area is 110 Å². The Morgan fingerprint density at radius 3 is 2.56 bits per heavy atom. The smallest absolute Gasteiger partial charge is 0.123 e. The van der Waals surface area contributed by atoms with Crippen LogP contribution in [0.4, 0.5) is 0 Å². The van der Waals surface area contributed by atoms with Crippen LogP contribution in [0.2, 0.25) is 0 Å².